The van der Waals surface area contributed by atoms with E-state index in [1.54, 1.807) is 12.4 Å². The van der Waals surface area contributed by atoms with Gasteiger partial charge in [-0.1, -0.05) is 64.7 Å². The first-order valence-electron chi connectivity index (χ1n) is 13.9. The van der Waals surface area contributed by atoms with E-state index in [1.165, 1.54) is 63.4 Å². The number of nitrogens with one attached hydrogen (secondary N) is 1. The fourth-order valence-corrected chi connectivity index (χ4v) is 5.45. The molecular formula is C28H46N4O2. The van der Waals surface area contributed by atoms with Crippen molar-refractivity contribution in [3.63, 3.8) is 0 Å². The van der Waals surface area contributed by atoms with Gasteiger partial charge in [0.25, 0.3) is 0 Å². The highest BCUT2D eigenvalue weighted by molar-refractivity contribution is 5.90. The molecule has 1 aromatic heterocycles. The predicted molar refractivity (Wildman–Crippen MR) is 137 cm³/mol. The Hall–Kier alpha value is -1.95. The molecule has 2 aliphatic rings. The van der Waals surface area contributed by atoms with E-state index in [9.17, 15) is 9.59 Å². The van der Waals surface area contributed by atoms with Crippen molar-refractivity contribution >= 4 is 11.8 Å². The third-order valence-corrected chi connectivity index (χ3v) is 7.45. The smallest absolute Gasteiger partial charge is 0.242 e. The molecule has 6 heteroatoms. The van der Waals surface area contributed by atoms with Gasteiger partial charge in [-0.25, -0.2) is 0 Å². The van der Waals surface area contributed by atoms with Crippen molar-refractivity contribution in [3.8, 4) is 0 Å². The zero-order valence-corrected chi connectivity index (χ0v) is 21.4. The molecule has 1 aromatic rings. The molecule has 34 heavy (non-hydrogen) atoms. The number of carbonyl (C=O) groups is 2. The second-order valence-corrected chi connectivity index (χ2v) is 10.1. The summed E-state index contributed by atoms with van der Waals surface area (Å²) in [6.45, 7) is 5.39. The minimum Gasteiger partial charge on any atom is -0.354 e. The Morgan fingerprint density at radius 3 is 2.21 bits per heavy atom. The topological polar surface area (TPSA) is 65.5 Å². The second kappa shape index (κ2) is 15.1. The van der Waals surface area contributed by atoms with Crippen molar-refractivity contribution in [2.24, 2.45) is 0 Å². The number of hydrogen-bond donors (Lipinski definition) is 1. The number of amides is 2. The van der Waals surface area contributed by atoms with Gasteiger partial charge in [-0.3, -0.25) is 19.5 Å². The maximum Gasteiger partial charge on any atom is 0.242 e. The highest BCUT2D eigenvalue weighted by atomic mass is 16.2. The predicted octanol–water partition coefficient (Wildman–Crippen LogP) is 5.07. The lowest BCUT2D eigenvalue weighted by Gasteiger charge is -2.31. The van der Waals surface area contributed by atoms with Crippen LogP contribution in [-0.2, 0) is 16.1 Å². The second-order valence-electron chi connectivity index (χ2n) is 10.1. The monoisotopic (exact) mass is 470 g/mol. The van der Waals surface area contributed by atoms with Gasteiger partial charge >= 0.3 is 0 Å². The van der Waals surface area contributed by atoms with Crippen LogP contribution in [0.15, 0.2) is 24.5 Å². The highest BCUT2D eigenvalue weighted by Gasteiger charge is 2.40. The molecule has 0 unspecified atom stereocenters. The Kier molecular flexibility index (Phi) is 11.9. The molecule has 0 saturated carbocycles. The molecule has 0 spiro atoms. The third-order valence-electron chi connectivity index (χ3n) is 7.45. The van der Waals surface area contributed by atoms with Crippen molar-refractivity contribution in [2.45, 2.75) is 115 Å². The van der Waals surface area contributed by atoms with Crippen molar-refractivity contribution in [1.29, 1.82) is 0 Å². The molecule has 3 rings (SSSR count). The largest absolute Gasteiger partial charge is 0.354 e. The van der Waals surface area contributed by atoms with Crippen LogP contribution in [0.3, 0.4) is 0 Å². The first-order chi connectivity index (χ1) is 16.7. The summed E-state index contributed by atoms with van der Waals surface area (Å²) >= 11 is 0. The molecule has 2 fully saturated rings. The molecule has 2 atom stereocenters. The van der Waals surface area contributed by atoms with Crippen LogP contribution in [0.25, 0.3) is 0 Å². The summed E-state index contributed by atoms with van der Waals surface area (Å²) in [5.74, 6) is 0.184. The lowest BCUT2D eigenvalue weighted by molar-refractivity contribution is -0.142. The maximum absolute atomic E-state index is 13.4. The SMILES string of the molecule is CCCCCCCCCCCCNC(=O)[C@@H]1CCCN1C(=O)[C@@H]1CCCN1Cc1ccncc1. The van der Waals surface area contributed by atoms with E-state index < -0.39 is 0 Å². The van der Waals surface area contributed by atoms with Gasteiger partial charge < -0.3 is 10.2 Å². The van der Waals surface area contributed by atoms with E-state index in [4.69, 9.17) is 0 Å². The molecule has 2 saturated heterocycles. The van der Waals surface area contributed by atoms with E-state index in [-0.39, 0.29) is 23.9 Å². The van der Waals surface area contributed by atoms with E-state index in [2.05, 4.69) is 22.1 Å². The van der Waals surface area contributed by atoms with Gasteiger partial charge in [0.2, 0.25) is 11.8 Å². The van der Waals surface area contributed by atoms with Gasteiger partial charge in [-0.05, 0) is 56.3 Å². The van der Waals surface area contributed by atoms with Crippen molar-refractivity contribution in [2.75, 3.05) is 19.6 Å². The zero-order chi connectivity index (χ0) is 24.0. The lowest BCUT2D eigenvalue weighted by Crippen LogP contribution is -2.51. The van der Waals surface area contributed by atoms with E-state index in [0.29, 0.717) is 6.54 Å². The van der Waals surface area contributed by atoms with Crippen LogP contribution in [0, 0.1) is 0 Å². The average Bonchev–Trinajstić information content (AvgIpc) is 3.53. The number of aromatic nitrogens is 1. The molecule has 1 N–H and O–H groups in total. The summed E-state index contributed by atoms with van der Waals surface area (Å²) in [5, 5.41) is 3.12. The number of carbonyl (C=O) groups excluding carboxylic acids is 2. The molecule has 0 radical (unpaired) electrons. The molecule has 6 nitrogen and oxygen atoms in total. The Morgan fingerprint density at radius 1 is 0.882 bits per heavy atom. The molecule has 0 bridgehead atoms. The van der Waals surface area contributed by atoms with Crippen LogP contribution >= 0.6 is 0 Å². The summed E-state index contributed by atoms with van der Waals surface area (Å²) in [6.07, 6.45) is 20.1. The van der Waals surface area contributed by atoms with E-state index >= 15 is 0 Å². The number of unbranched alkanes of at least 4 members (excludes halogenated alkanes) is 9. The third kappa shape index (κ3) is 8.37. The zero-order valence-electron chi connectivity index (χ0n) is 21.4. The first kappa shape index (κ1) is 26.7. The van der Waals surface area contributed by atoms with Crippen molar-refractivity contribution < 1.29 is 9.59 Å². The fraction of sp³-hybridized carbons (Fsp3) is 0.750. The standard InChI is InChI=1S/C28H46N4O2/c1-2-3-4-5-6-7-8-9-10-11-18-30-27(33)25-14-13-22-32(25)28(34)26-15-12-21-31(26)23-24-16-19-29-20-17-24/h16-17,19-20,25-26H,2-15,18,21-23H2,1H3,(H,30,33)/t25-,26-/m0/s1. The molecule has 2 amide bonds. The number of rotatable bonds is 15. The lowest BCUT2D eigenvalue weighted by atomic mass is 10.1. The number of likely N-dealkylation sites (tertiary alicyclic amines) is 2. The van der Waals surface area contributed by atoms with Crippen LogP contribution in [0.1, 0.15) is 102 Å². The summed E-state index contributed by atoms with van der Waals surface area (Å²) in [4.78, 5) is 34.5. The molecule has 0 aromatic carbocycles. The minimum absolute atomic E-state index is 0.0421. The Labute approximate surface area is 206 Å². The fourth-order valence-electron chi connectivity index (χ4n) is 5.45. The van der Waals surface area contributed by atoms with Gasteiger partial charge in [0.15, 0.2) is 0 Å². The van der Waals surface area contributed by atoms with E-state index in [0.717, 1.165) is 51.7 Å². The molecule has 2 aliphatic heterocycles. The minimum atomic E-state index is -0.293. The van der Waals surface area contributed by atoms with Gasteiger partial charge in [0, 0.05) is 32.0 Å². The number of nitrogens with zero attached hydrogens (tertiary/aromatic N) is 3. The van der Waals surface area contributed by atoms with Crippen LogP contribution in [0.5, 0.6) is 0 Å². The van der Waals surface area contributed by atoms with E-state index in [1.807, 2.05) is 17.0 Å². The Morgan fingerprint density at radius 2 is 1.50 bits per heavy atom. The molecule has 0 aliphatic carbocycles. The quantitative estimate of drug-likeness (QED) is 0.363. The molecule has 190 valence electrons. The maximum atomic E-state index is 13.4. The van der Waals surface area contributed by atoms with Gasteiger partial charge in [-0.2, -0.15) is 0 Å². The van der Waals surface area contributed by atoms with Gasteiger partial charge in [-0.15, -0.1) is 0 Å². The Balaban J connectivity index is 1.34. The molecular weight excluding hydrogens is 424 g/mol. The van der Waals surface area contributed by atoms with Crippen LogP contribution in [0.2, 0.25) is 0 Å². The highest BCUT2D eigenvalue weighted by Crippen LogP contribution is 2.26. The first-order valence-corrected chi connectivity index (χ1v) is 13.9. The number of hydrogen-bond acceptors (Lipinski definition) is 4. The number of pyridine rings is 1. The summed E-state index contributed by atoms with van der Waals surface area (Å²) < 4.78 is 0. The molecule has 3 heterocycles. The summed E-state index contributed by atoms with van der Waals surface area (Å²) in [7, 11) is 0. The summed E-state index contributed by atoms with van der Waals surface area (Å²) in [5.41, 5.74) is 1.18. The summed E-state index contributed by atoms with van der Waals surface area (Å²) in [6, 6.07) is 3.63. The van der Waals surface area contributed by atoms with Crippen LogP contribution in [0.4, 0.5) is 0 Å². The van der Waals surface area contributed by atoms with Gasteiger partial charge in [0.1, 0.15) is 6.04 Å². The van der Waals surface area contributed by atoms with Crippen LogP contribution < -0.4 is 5.32 Å². The van der Waals surface area contributed by atoms with Crippen LogP contribution in [-0.4, -0.2) is 58.3 Å². The Bertz CT molecular complexity index is 726. The average molecular weight is 471 g/mol. The van der Waals surface area contributed by atoms with Gasteiger partial charge in [0.05, 0.1) is 6.04 Å². The normalized spacial score (nSPS) is 20.7. The van der Waals surface area contributed by atoms with Crippen molar-refractivity contribution in [3.05, 3.63) is 30.1 Å². The van der Waals surface area contributed by atoms with Crippen molar-refractivity contribution in [1.82, 2.24) is 20.1 Å².